The molecular weight excluding hydrogens is 276 g/mol. The van der Waals surface area contributed by atoms with Gasteiger partial charge < -0.3 is 16.4 Å². The van der Waals surface area contributed by atoms with Gasteiger partial charge in [-0.15, -0.1) is 0 Å². The summed E-state index contributed by atoms with van der Waals surface area (Å²) in [6.07, 6.45) is 0.903. The molecule has 1 amide bonds. The molecule has 120 valence electrons. The number of benzene rings is 1. The molecule has 0 aliphatic heterocycles. The molecule has 5 nitrogen and oxygen atoms in total. The van der Waals surface area contributed by atoms with Crippen LogP contribution in [-0.2, 0) is 6.54 Å². The Morgan fingerprint density at radius 3 is 2.82 bits per heavy atom. The number of carbonyl (C=O) groups excluding carboxylic acids is 1. The van der Waals surface area contributed by atoms with Crippen LogP contribution in [0.2, 0.25) is 0 Å². The first-order valence-electron chi connectivity index (χ1n) is 7.50. The first kappa shape index (κ1) is 17.8. The van der Waals surface area contributed by atoms with Crippen LogP contribution in [0.15, 0.2) is 41.4 Å². The highest BCUT2D eigenvalue weighted by Crippen LogP contribution is 2.07. The van der Waals surface area contributed by atoms with E-state index in [1.54, 1.807) is 6.07 Å². The average molecular weight is 302 g/mol. The summed E-state index contributed by atoms with van der Waals surface area (Å²) >= 11 is 0. The number of nitrogens with one attached hydrogen (secondary N) is 2. The smallest absolute Gasteiger partial charge is 0.251 e. The third kappa shape index (κ3) is 6.43. The molecule has 0 aliphatic carbocycles. The largest absolute Gasteiger partial charge is 0.370 e. The maximum Gasteiger partial charge on any atom is 0.251 e. The summed E-state index contributed by atoms with van der Waals surface area (Å²) in [5.74, 6) is 0.311. The van der Waals surface area contributed by atoms with Crippen molar-refractivity contribution in [1.29, 1.82) is 0 Å². The molecule has 1 unspecified atom stereocenters. The number of carbonyl (C=O) groups is 1. The number of hydrogen-bond donors (Lipinski definition) is 3. The van der Waals surface area contributed by atoms with Gasteiger partial charge in [-0.3, -0.25) is 4.79 Å². The predicted molar refractivity (Wildman–Crippen MR) is 91.8 cm³/mol. The summed E-state index contributed by atoms with van der Waals surface area (Å²) in [7, 11) is 0. The maximum absolute atomic E-state index is 12.1. The minimum Gasteiger partial charge on any atom is -0.370 e. The molecule has 0 aromatic heterocycles. The van der Waals surface area contributed by atoms with Gasteiger partial charge in [-0.1, -0.05) is 31.2 Å². The molecule has 0 saturated heterocycles. The molecule has 0 heterocycles. The number of nitrogens with two attached hydrogens (primary N) is 1. The van der Waals surface area contributed by atoms with Crippen LogP contribution in [0.4, 0.5) is 0 Å². The number of aliphatic imine (C=N–C) groups is 1. The molecule has 5 heteroatoms. The number of guanidine groups is 1. The Kier molecular flexibility index (Phi) is 7.16. The van der Waals surface area contributed by atoms with E-state index < -0.39 is 0 Å². The standard InChI is InChI=1S/C17H26N4O/c1-5-13(4)21-16(22)15-8-6-7-14(9-15)11-20-17(18)19-10-12(2)3/h6-9,13H,2,5,10-11H2,1,3-4H3,(H,21,22)(H3,18,19,20). The Labute approximate surface area is 132 Å². The van der Waals surface area contributed by atoms with E-state index in [0.717, 1.165) is 17.6 Å². The van der Waals surface area contributed by atoms with Crippen molar-refractivity contribution in [3.05, 3.63) is 47.5 Å². The lowest BCUT2D eigenvalue weighted by Gasteiger charge is -2.11. The molecule has 1 aromatic rings. The lowest BCUT2D eigenvalue weighted by atomic mass is 10.1. The third-order valence-electron chi connectivity index (χ3n) is 3.18. The highest BCUT2D eigenvalue weighted by molar-refractivity contribution is 5.94. The summed E-state index contributed by atoms with van der Waals surface area (Å²) < 4.78 is 0. The van der Waals surface area contributed by atoms with Crippen molar-refractivity contribution in [3.8, 4) is 0 Å². The minimum absolute atomic E-state index is 0.0615. The Morgan fingerprint density at radius 1 is 1.45 bits per heavy atom. The van der Waals surface area contributed by atoms with Gasteiger partial charge in [0.25, 0.3) is 5.91 Å². The van der Waals surface area contributed by atoms with E-state index in [1.807, 2.05) is 39.0 Å². The zero-order valence-electron chi connectivity index (χ0n) is 13.6. The van der Waals surface area contributed by atoms with Gasteiger partial charge in [-0.2, -0.15) is 0 Å². The Hall–Kier alpha value is -2.30. The fourth-order valence-corrected chi connectivity index (χ4v) is 1.69. The molecule has 1 rings (SSSR count). The van der Waals surface area contributed by atoms with Crippen LogP contribution in [0.3, 0.4) is 0 Å². The van der Waals surface area contributed by atoms with Crippen molar-refractivity contribution in [1.82, 2.24) is 10.6 Å². The van der Waals surface area contributed by atoms with Crippen LogP contribution >= 0.6 is 0 Å². The molecule has 4 N–H and O–H groups in total. The van der Waals surface area contributed by atoms with Gasteiger partial charge in [-0.25, -0.2) is 4.99 Å². The quantitative estimate of drug-likeness (QED) is 0.410. The van der Waals surface area contributed by atoms with E-state index >= 15 is 0 Å². The van der Waals surface area contributed by atoms with Crippen LogP contribution in [0, 0.1) is 0 Å². The van der Waals surface area contributed by atoms with Crippen molar-refractivity contribution in [3.63, 3.8) is 0 Å². The van der Waals surface area contributed by atoms with Crippen molar-refractivity contribution < 1.29 is 4.79 Å². The molecule has 0 saturated carbocycles. The van der Waals surface area contributed by atoms with Crippen molar-refractivity contribution in [2.75, 3.05) is 6.54 Å². The fourth-order valence-electron chi connectivity index (χ4n) is 1.69. The van der Waals surface area contributed by atoms with Gasteiger partial charge in [0.15, 0.2) is 5.96 Å². The molecule has 0 spiro atoms. The highest BCUT2D eigenvalue weighted by Gasteiger charge is 2.08. The van der Waals surface area contributed by atoms with Crippen LogP contribution in [0.1, 0.15) is 43.1 Å². The number of amides is 1. The zero-order chi connectivity index (χ0) is 16.5. The third-order valence-corrected chi connectivity index (χ3v) is 3.18. The second-order valence-electron chi connectivity index (χ2n) is 5.50. The van der Waals surface area contributed by atoms with Crippen LogP contribution in [0.25, 0.3) is 0 Å². The van der Waals surface area contributed by atoms with Gasteiger partial charge in [0, 0.05) is 18.2 Å². The van der Waals surface area contributed by atoms with Crippen LogP contribution in [-0.4, -0.2) is 24.5 Å². The van der Waals surface area contributed by atoms with E-state index in [9.17, 15) is 4.79 Å². The second kappa shape index (κ2) is 8.87. The molecule has 0 radical (unpaired) electrons. The Morgan fingerprint density at radius 2 is 2.18 bits per heavy atom. The molecular formula is C17H26N4O. The lowest BCUT2D eigenvalue weighted by Crippen LogP contribution is -2.32. The van der Waals surface area contributed by atoms with E-state index in [1.165, 1.54) is 0 Å². The van der Waals surface area contributed by atoms with Crippen LogP contribution < -0.4 is 16.4 Å². The van der Waals surface area contributed by atoms with E-state index in [-0.39, 0.29) is 11.9 Å². The van der Waals surface area contributed by atoms with Gasteiger partial charge in [0.2, 0.25) is 0 Å². The summed E-state index contributed by atoms with van der Waals surface area (Å²) in [5.41, 5.74) is 8.34. The first-order chi connectivity index (χ1) is 10.4. The molecule has 1 atom stereocenters. The molecule has 0 aliphatic rings. The second-order valence-corrected chi connectivity index (χ2v) is 5.50. The number of hydrogen-bond acceptors (Lipinski definition) is 2. The fraction of sp³-hybridized carbons (Fsp3) is 0.412. The predicted octanol–water partition coefficient (Wildman–Crippen LogP) is 2.20. The van der Waals surface area contributed by atoms with Crippen molar-refractivity contribution in [2.24, 2.45) is 10.7 Å². The van der Waals surface area contributed by atoms with Crippen molar-refractivity contribution in [2.45, 2.75) is 39.8 Å². The maximum atomic E-state index is 12.1. The van der Waals surface area contributed by atoms with Gasteiger partial charge >= 0.3 is 0 Å². The molecule has 0 bridgehead atoms. The monoisotopic (exact) mass is 302 g/mol. The Bertz CT molecular complexity index is 551. The first-order valence-corrected chi connectivity index (χ1v) is 7.50. The van der Waals surface area contributed by atoms with E-state index in [0.29, 0.717) is 24.6 Å². The molecule has 0 fully saturated rings. The normalized spacial score (nSPS) is 12.6. The molecule has 1 aromatic carbocycles. The van der Waals surface area contributed by atoms with Gasteiger partial charge in [0.1, 0.15) is 0 Å². The topological polar surface area (TPSA) is 79.5 Å². The van der Waals surface area contributed by atoms with Crippen LogP contribution in [0.5, 0.6) is 0 Å². The van der Waals surface area contributed by atoms with E-state index in [4.69, 9.17) is 5.73 Å². The van der Waals surface area contributed by atoms with Gasteiger partial charge in [-0.05, 0) is 38.0 Å². The van der Waals surface area contributed by atoms with Crippen molar-refractivity contribution >= 4 is 11.9 Å². The Balaban J connectivity index is 2.66. The summed E-state index contributed by atoms with van der Waals surface area (Å²) in [4.78, 5) is 16.3. The summed E-state index contributed by atoms with van der Waals surface area (Å²) in [5, 5.41) is 5.92. The SMILES string of the molecule is C=C(C)CNC(N)=NCc1cccc(C(=O)NC(C)CC)c1. The number of rotatable bonds is 7. The number of nitrogens with zero attached hydrogens (tertiary/aromatic N) is 1. The summed E-state index contributed by atoms with van der Waals surface area (Å²) in [6.45, 7) is 10.8. The highest BCUT2D eigenvalue weighted by atomic mass is 16.1. The van der Waals surface area contributed by atoms with Gasteiger partial charge in [0.05, 0.1) is 6.54 Å². The van der Waals surface area contributed by atoms with E-state index in [2.05, 4.69) is 22.2 Å². The average Bonchev–Trinajstić information content (AvgIpc) is 2.50. The zero-order valence-corrected chi connectivity index (χ0v) is 13.6. The lowest BCUT2D eigenvalue weighted by molar-refractivity contribution is 0.0939. The minimum atomic E-state index is -0.0615. The molecule has 22 heavy (non-hydrogen) atoms. The summed E-state index contributed by atoms with van der Waals surface area (Å²) in [6, 6.07) is 7.58.